The molecule has 0 radical (unpaired) electrons. The second kappa shape index (κ2) is 5.26. The Labute approximate surface area is 113 Å². The predicted octanol–water partition coefficient (Wildman–Crippen LogP) is 2.13. The van der Waals surface area contributed by atoms with Gasteiger partial charge in [-0.05, 0) is 19.1 Å². The third-order valence-corrected chi connectivity index (χ3v) is 3.24. The van der Waals surface area contributed by atoms with Crippen LogP contribution in [0, 0.1) is 0 Å². The van der Waals surface area contributed by atoms with Gasteiger partial charge in [0.05, 0.1) is 6.61 Å². The first kappa shape index (κ1) is 13.3. The predicted molar refractivity (Wildman–Crippen MR) is 67.9 cm³/mol. The Morgan fingerprint density at radius 2 is 2.22 bits per heavy atom. The van der Waals surface area contributed by atoms with E-state index >= 15 is 0 Å². The third kappa shape index (κ3) is 3.01. The fourth-order valence-electron chi connectivity index (χ4n) is 1.80. The molecule has 2 N–H and O–H groups in total. The van der Waals surface area contributed by atoms with Gasteiger partial charge in [-0.2, -0.15) is 0 Å². The highest BCUT2D eigenvalue weighted by Crippen LogP contribution is 2.34. The zero-order valence-electron chi connectivity index (χ0n) is 9.89. The number of ether oxygens (including phenoxy) is 3. The average molecular weight is 316 g/mol. The number of halogens is 1. The first-order valence-electron chi connectivity index (χ1n) is 5.50. The van der Waals surface area contributed by atoms with Crippen LogP contribution in [-0.2, 0) is 20.0 Å². The summed E-state index contributed by atoms with van der Waals surface area (Å²) in [4.78, 5) is 10.5. The minimum atomic E-state index is -0.813. The number of hydrogen-bond acceptors (Lipinski definition) is 4. The minimum absolute atomic E-state index is 0.0987. The first-order chi connectivity index (χ1) is 8.49. The second-order valence-electron chi connectivity index (χ2n) is 4.13. The zero-order chi connectivity index (χ0) is 13.2. The number of carbonyl (C=O) groups is 1. The quantitative estimate of drug-likeness (QED) is 0.927. The molecule has 1 aromatic carbocycles. The molecule has 1 aromatic rings. The van der Waals surface area contributed by atoms with Crippen molar-refractivity contribution in [3.05, 3.63) is 34.3 Å². The van der Waals surface area contributed by atoms with E-state index < -0.39 is 11.9 Å². The van der Waals surface area contributed by atoms with E-state index in [0.29, 0.717) is 6.61 Å². The Balaban J connectivity index is 2.01. The Morgan fingerprint density at radius 3 is 2.83 bits per heavy atom. The molecule has 1 heterocycles. The van der Waals surface area contributed by atoms with Crippen LogP contribution in [0.15, 0.2) is 28.7 Å². The fourth-order valence-corrected chi connectivity index (χ4v) is 2.06. The number of rotatable bonds is 3. The summed E-state index contributed by atoms with van der Waals surface area (Å²) in [7, 11) is 0. The molecule has 5 nitrogen and oxygen atoms in total. The molecule has 1 fully saturated rings. The highest BCUT2D eigenvalue weighted by Gasteiger charge is 2.39. The highest BCUT2D eigenvalue weighted by atomic mass is 79.9. The Hall–Kier alpha value is -1.11. The van der Waals surface area contributed by atoms with Crippen LogP contribution in [-0.4, -0.2) is 25.4 Å². The molecular weight excluding hydrogens is 302 g/mol. The van der Waals surface area contributed by atoms with Gasteiger partial charge in [-0.1, -0.05) is 28.1 Å². The SMILES string of the molecule is C[C@@]1(c2ccc(Br)cc2)OC[C@@H](COC(N)=O)O1. The van der Waals surface area contributed by atoms with E-state index in [1.807, 2.05) is 31.2 Å². The van der Waals surface area contributed by atoms with Gasteiger partial charge in [-0.15, -0.1) is 0 Å². The number of amides is 1. The molecule has 1 saturated heterocycles. The Bertz CT molecular complexity index is 436. The monoisotopic (exact) mass is 315 g/mol. The van der Waals surface area contributed by atoms with Crippen molar-refractivity contribution in [2.45, 2.75) is 18.8 Å². The van der Waals surface area contributed by atoms with Crippen molar-refractivity contribution >= 4 is 22.0 Å². The molecule has 1 aliphatic rings. The normalized spacial score (nSPS) is 27.1. The third-order valence-electron chi connectivity index (χ3n) is 2.72. The summed E-state index contributed by atoms with van der Waals surface area (Å²) in [5.41, 5.74) is 5.81. The molecule has 0 saturated carbocycles. The first-order valence-corrected chi connectivity index (χ1v) is 6.29. The fraction of sp³-hybridized carbons (Fsp3) is 0.417. The van der Waals surface area contributed by atoms with E-state index in [0.717, 1.165) is 10.0 Å². The standard InChI is InChI=1S/C12H14BrNO4/c1-12(8-2-4-9(13)5-3-8)17-7-10(18-12)6-16-11(14)15/h2-5,10H,6-7H2,1H3,(H2,14,15)/t10-,12-/m1/s1. The molecule has 6 heteroatoms. The van der Waals surface area contributed by atoms with Crippen LogP contribution in [0.3, 0.4) is 0 Å². The summed E-state index contributed by atoms with van der Waals surface area (Å²) in [6, 6.07) is 7.67. The molecule has 0 unspecified atom stereocenters. The van der Waals surface area contributed by atoms with Crippen LogP contribution in [0.4, 0.5) is 4.79 Å². The molecule has 2 rings (SSSR count). The van der Waals surface area contributed by atoms with E-state index in [9.17, 15) is 4.79 Å². The summed E-state index contributed by atoms with van der Waals surface area (Å²) in [5, 5.41) is 0. The zero-order valence-corrected chi connectivity index (χ0v) is 11.5. The molecule has 0 aromatic heterocycles. The molecule has 18 heavy (non-hydrogen) atoms. The van der Waals surface area contributed by atoms with Gasteiger partial charge < -0.3 is 19.9 Å². The van der Waals surface area contributed by atoms with E-state index in [2.05, 4.69) is 15.9 Å². The lowest BCUT2D eigenvalue weighted by atomic mass is 10.1. The number of nitrogens with two attached hydrogens (primary N) is 1. The summed E-state index contributed by atoms with van der Waals surface area (Å²) in [6.45, 7) is 2.29. The number of hydrogen-bond donors (Lipinski definition) is 1. The van der Waals surface area contributed by atoms with Crippen LogP contribution in [0.2, 0.25) is 0 Å². The maximum atomic E-state index is 10.5. The summed E-state index contributed by atoms with van der Waals surface area (Å²) in [5.74, 6) is -0.813. The van der Waals surface area contributed by atoms with Crippen molar-refractivity contribution in [2.75, 3.05) is 13.2 Å². The lowest BCUT2D eigenvalue weighted by molar-refractivity contribution is -0.165. The van der Waals surface area contributed by atoms with Gasteiger partial charge in [0.15, 0.2) is 5.79 Å². The van der Waals surface area contributed by atoms with Gasteiger partial charge >= 0.3 is 6.09 Å². The van der Waals surface area contributed by atoms with E-state index in [1.165, 1.54) is 0 Å². The summed E-state index contributed by atoms with van der Waals surface area (Å²) >= 11 is 3.37. The van der Waals surface area contributed by atoms with Gasteiger partial charge in [0.2, 0.25) is 0 Å². The highest BCUT2D eigenvalue weighted by molar-refractivity contribution is 9.10. The van der Waals surface area contributed by atoms with Crippen LogP contribution < -0.4 is 5.73 Å². The van der Waals surface area contributed by atoms with E-state index in [-0.39, 0.29) is 12.7 Å². The van der Waals surface area contributed by atoms with Gasteiger partial charge in [-0.3, -0.25) is 0 Å². The van der Waals surface area contributed by atoms with Crippen LogP contribution in [0.25, 0.3) is 0 Å². The molecule has 1 amide bonds. The van der Waals surface area contributed by atoms with Crippen LogP contribution >= 0.6 is 15.9 Å². The van der Waals surface area contributed by atoms with Gasteiger partial charge in [0.25, 0.3) is 0 Å². The van der Waals surface area contributed by atoms with Crippen molar-refractivity contribution in [2.24, 2.45) is 5.73 Å². The molecule has 0 bridgehead atoms. The van der Waals surface area contributed by atoms with Crippen LogP contribution in [0.5, 0.6) is 0 Å². The van der Waals surface area contributed by atoms with Crippen molar-refractivity contribution in [3.63, 3.8) is 0 Å². The summed E-state index contributed by atoms with van der Waals surface area (Å²) < 4.78 is 17.1. The topological polar surface area (TPSA) is 70.8 Å². The molecule has 0 aliphatic carbocycles. The van der Waals surface area contributed by atoms with Crippen molar-refractivity contribution < 1.29 is 19.0 Å². The smallest absolute Gasteiger partial charge is 0.404 e. The molecule has 1 aliphatic heterocycles. The van der Waals surface area contributed by atoms with Crippen molar-refractivity contribution in [1.82, 2.24) is 0 Å². The molecule has 0 spiro atoms. The van der Waals surface area contributed by atoms with Gasteiger partial charge in [0.1, 0.15) is 12.7 Å². The maximum absolute atomic E-state index is 10.5. The average Bonchev–Trinajstić information content (AvgIpc) is 2.71. The Kier molecular flexibility index (Phi) is 3.89. The van der Waals surface area contributed by atoms with Gasteiger partial charge in [-0.25, -0.2) is 4.79 Å². The minimum Gasteiger partial charge on any atom is -0.447 e. The number of carbonyl (C=O) groups excluding carboxylic acids is 1. The number of benzene rings is 1. The van der Waals surface area contributed by atoms with Crippen LogP contribution in [0.1, 0.15) is 12.5 Å². The second-order valence-corrected chi connectivity index (χ2v) is 5.05. The van der Waals surface area contributed by atoms with E-state index in [1.54, 1.807) is 0 Å². The lowest BCUT2D eigenvalue weighted by Crippen LogP contribution is -2.27. The van der Waals surface area contributed by atoms with E-state index in [4.69, 9.17) is 19.9 Å². The molecular formula is C12H14BrNO4. The maximum Gasteiger partial charge on any atom is 0.404 e. The molecule has 2 atom stereocenters. The Morgan fingerprint density at radius 1 is 1.56 bits per heavy atom. The van der Waals surface area contributed by atoms with Gasteiger partial charge in [0, 0.05) is 10.0 Å². The number of primary amides is 1. The summed E-state index contributed by atoms with van der Waals surface area (Å²) in [6.07, 6.45) is -1.11. The van der Waals surface area contributed by atoms with Crippen molar-refractivity contribution in [1.29, 1.82) is 0 Å². The lowest BCUT2D eigenvalue weighted by Gasteiger charge is -2.23. The van der Waals surface area contributed by atoms with Crippen molar-refractivity contribution in [3.8, 4) is 0 Å². The molecule has 98 valence electrons. The largest absolute Gasteiger partial charge is 0.447 e.